The van der Waals surface area contributed by atoms with Gasteiger partial charge < -0.3 is 19.3 Å². The Balaban J connectivity index is 1.63. The number of amides is 1. The number of hydrogen-bond acceptors (Lipinski definition) is 7. The monoisotopic (exact) mass is 499 g/mol. The van der Waals surface area contributed by atoms with Crippen molar-refractivity contribution >= 4 is 29.1 Å². The second kappa shape index (κ2) is 9.81. The number of benzene rings is 3. The van der Waals surface area contributed by atoms with Gasteiger partial charge in [-0.1, -0.05) is 12.1 Å². The molecule has 0 spiro atoms. The molecule has 1 amide bonds. The lowest BCUT2D eigenvalue weighted by atomic mass is 9.94. The van der Waals surface area contributed by atoms with Crippen LogP contribution >= 0.6 is 0 Å². The van der Waals surface area contributed by atoms with Crippen LogP contribution in [0.25, 0.3) is 5.76 Å². The molecule has 37 heavy (non-hydrogen) atoms. The normalized spacial score (nSPS) is 17.9. The Kier molecular flexibility index (Phi) is 6.40. The summed E-state index contributed by atoms with van der Waals surface area (Å²) in [7, 11) is 1.55. The molecule has 2 aliphatic rings. The first-order valence-corrected chi connectivity index (χ1v) is 11.9. The second-order valence-corrected chi connectivity index (χ2v) is 8.63. The van der Waals surface area contributed by atoms with E-state index in [2.05, 4.69) is 0 Å². The van der Waals surface area contributed by atoms with Crippen LogP contribution in [0.5, 0.6) is 11.5 Å². The van der Waals surface area contributed by atoms with Gasteiger partial charge in [-0.25, -0.2) is 4.79 Å². The SMILES string of the molecule is CCOC(=O)c1ccc(N2C(=O)C(=O)/C(=C(\O)c3ccc4c(c3)CCO4)C2c2ccc(OC)cc2)cc1. The maximum atomic E-state index is 13.4. The number of aliphatic hydroxyl groups is 1. The van der Waals surface area contributed by atoms with Crippen LogP contribution in [0.15, 0.2) is 72.3 Å². The first-order valence-electron chi connectivity index (χ1n) is 11.9. The van der Waals surface area contributed by atoms with Crippen LogP contribution in [0.4, 0.5) is 5.69 Å². The van der Waals surface area contributed by atoms with Crippen LogP contribution in [0, 0.1) is 0 Å². The van der Waals surface area contributed by atoms with E-state index in [0.717, 1.165) is 11.3 Å². The molecule has 0 aromatic heterocycles. The van der Waals surface area contributed by atoms with Crippen molar-refractivity contribution in [3.63, 3.8) is 0 Å². The number of aliphatic hydroxyl groups excluding tert-OH is 1. The summed E-state index contributed by atoms with van der Waals surface area (Å²) in [6.07, 6.45) is 0.694. The van der Waals surface area contributed by atoms with Crippen LogP contribution in [0.2, 0.25) is 0 Å². The molecule has 1 fully saturated rings. The first kappa shape index (κ1) is 24.1. The van der Waals surface area contributed by atoms with Gasteiger partial charge in [0.15, 0.2) is 0 Å². The quantitative estimate of drug-likeness (QED) is 0.232. The molecule has 0 saturated carbocycles. The molecule has 188 valence electrons. The molecule has 0 aliphatic carbocycles. The summed E-state index contributed by atoms with van der Waals surface area (Å²) < 4.78 is 15.9. The highest BCUT2D eigenvalue weighted by molar-refractivity contribution is 6.51. The molecule has 5 rings (SSSR count). The van der Waals surface area contributed by atoms with Crippen LogP contribution in [-0.4, -0.2) is 43.1 Å². The standard InChI is InChI=1S/C29H25NO7/c1-3-36-29(34)18-4-9-21(10-5-18)30-25(17-6-11-22(35-2)12-7-17)24(27(32)28(30)33)26(31)20-8-13-23-19(16-20)14-15-37-23/h4-13,16,25,31H,3,14-15H2,1-2H3/b26-24-. The number of nitrogens with zero attached hydrogens (tertiary/aromatic N) is 1. The zero-order valence-electron chi connectivity index (χ0n) is 20.4. The smallest absolute Gasteiger partial charge is 0.338 e. The third-order valence-electron chi connectivity index (χ3n) is 6.50. The van der Waals surface area contributed by atoms with Crippen molar-refractivity contribution in [1.82, 2.24) is 0 Å². The summed E-state index contributed by atoms with van der Waals surface area (Å²) in [5.41, 5.74) is 2.66. The number of Topliss-reactive ketones (excluding diaryl/α,β-unsaturated/α-hetero) is 1. The number of carbonyl (C=O) groups excluding carboxylic acids is 3. The van der Waals surface area contributed by atoms with Crippen molar-refractivity contribution in [3.05, 3.63) is 94.6 Å². The maximum Gasteiger partial charge on any atom is 0.338 e. The van der Waals surface area contributed by atoms with E-state index in [0.29, 0.717) is 41.2 Å². The minimum atomic E-state index is -0.899. The van der Waals surface area contributed by atoms with Gasteiger partial charge in [0.2, 0.25) is 0 Å². The summed E-state index contributed by atoms with van der Waals surface area (Å²) in [4.78, 5) is 40.2. The number of methoxy groups -OCH3 is 1. The number of ether oxygens (including phenoxy) is 3. The topological polar surface area (TPSA) is 102 Å². The minimum absolute atomic E-state index is 0.0245. The average molecular weight is 500 g/mol. The molecule has 8 nitrogen and oxygen atoms in total. The van der Waals surface area contributed by atoms with Gasteiger partial charge in [0.05, 0.1) is 37.5 Å². The van der Waals surface area contributed by atoms with E-state index in [-0.39, 0.29) is 17.9 Å². The predicted octanol–water partition coefficient (Wildman–Crippen LogP) is 4.43. The third kappa shape index (κ3) is 4.31. The van der Waals surface area contributed by atoms with Crippen molar-refractivity contribution in [1.29, 1.82) is 0 Å². The molecule has 3 aromatic carbocycles. The van der Waals surface area contributed by atoms with Crippen LogP contribution in [0.3, 0.4) is 0 Å². The largest absolute Gasteiger partial charge is 0.507 e. The van der Waals surface area contributed by atoms with E-state index in [1.54, 1.807) is 68.6 Å². The van der Waals surface area contributed by atoms with Gasteiger partial charge in [0.1, 0.15) is 17.3 Å². The summed E-state index contributed by atoms with van der Waals surface area (Å²) in [6, 6.07) is 17.5. The van der Waals surface area contributed by atoms with E-state index in [4.69, 9.17) is 14.2 Å². The molecule has 0 bridgehead atoms. The van der Waals surface area contributed by atoms with Crippen LogP contribution in [0.1, 0.15) is 40.0 Å². The molecule has 2 aliphatic heterocycles. The molecule has 1 saturated heterocycles. The maximum absolute atomic E-state index is 13.4. The lowest BCUT2D eigenvalue weighted by Gasteiger charge is -2.25. The van der Waals surface area contributed by atoms with Gasteiger partial charge in [-0.15, -0.1) is 0 Å². The van der Waals surface area contributed by atoms with E-state index in [1.165, 1.54) is 17.0 Å². The lowest BCUT2D eigenvalue weighted by Crippen LogP contribution is -2.29. The van der Waals surface area contributed by atoms with Crippen molar-refractivity contribution in [2.75, 3.05) is 25.2 Å². The first-order chi connectivity index (χ1) is 17.9. The van der Waals surface area contributed by atoms with E-state index in [1.807, 2.05) is 0 Å². The lowest BCUT2D eigenvalue weighted by molar-refractivity contribution is -0.132. The Morgan fingerprint density at radius 2 is 1.73 bits per heavy atom. The zero-order chi connectivity index (χ0) is 26.1. The van der Waals surface area contributed by atoms with Crippen molar-refractivity contribution in [3.8, 4) is 11.5 Å². The Bertz CT molecular complexity index is 1410. The molecule has 1 unspecified atom stereocenters. The Morgan fingerprint density at radius 1 is 1.03 bits per heavy atom. The van der Waals surface area contributed by atoms with Gasteiger partial charge >= 0.3 is 5.97 Å². The Hall–Kier alpha value is -4.59. The fraction of sp³-hybridized carbons (Fsp3) is 0.207. The molecule has 3 aromatic rings. The molecule has 8 heteroatoms. The summed E-state index contributed by atoms with van der Waals surface area (Å²) in [5.74, 6) is -0.980. The molecular formula is C29H25NO7. The highest BCUT2D eigenvalue weighted by Gasteiger charge is 2.47. The van der Waals surface area contributed by atoms with Crippen molar-refractivity contribution < 1.29 is 33.7 Å². The average Bonchev–Trinajstić information content (AvgIpc) is 3.50. The third-order valence-corrected chi connectivity index (χ3v) is 6.50. The van der Waals surface area contributed by atoms with Gasteiger partial charge in [-0.3, -0.25) is 14.5 Å². The summed E-state index contributed by atoms with van der Waals surface area (Å²) >= 11 is 0. The number of carbonyl (C=O) groups is 3. The number of fused-ring (bicyclic) bond motifs is 1. The second-order valence-electron chi connectivity index (χ2n) is 8.63. The highest BCUT2D eigenvalue weighted by atomic mass is 16.5. The summed E-state index contributed by atoms with van der Waals surface area (Å²) in [6.45, 7) is 2.51. The van der Waals surface area contributed by atoms with E-state index >= 15 is 0 Å². The number of ketones is 1. The highest BCUT2D eigenvalue weighted by Crippen LogP contribution is 2.43. The number of rotatable bonds is 6. The molecule has 1 N–H and O–H groups in total. The molecule has 0 radical (unpaired) electrons. The van der Waals surface area contributed by atoms with Crippen molar-refractivity contribution in [2.24, 2.45) is 0 Å². The van der Waals surface area contributed by atoms with Gasteiger partial charge in [0, 0.05) is 17.7 Å². The predicted molar refractivity (Wildman–Crippen MR) is 136 cm³/mol. The number of esters is 1. The minimum Gasteiger partial charge on any atom is -0.507 e. The van der Waals surface area contributed by atoms with Gasteiger partial charge in [-0.2, -0.15) is 0 Å². The molecule has 1 atom stereocenters. The van der Waals surface area contributed by atoms with Crippen LogP contribution < -0.4 is 14.4 Å². The summed E-state index contributed by atoms with van der Waals surface area (Å²) in [5, 5.41) is 11.4. The van der Waals surface area contributed by atoms with E-state index in [9.17, 15) is 19.5 Å². The van der Waals surface area contributed by atoms with Crippen molar-refractivity contribution in [2.45, 2.75) is 19.4 Å². The fourth-order valence-electron chi connectivity index (χ4n) is 4.66. The Morgan fingerprint density at radius 3 is 2.41 bits per heavy atom. The fourth-order valence-corrected chi connectivity index (χ4v) is 4.66. The number of hydrogen-bond donors (Lipinski definition) is 1. The van der Waals surface area contributed by atoms with Gasteiger partial charge in [0.25, 0.3) is 11.7 Å². The van der Waals surface area contributed by atoms with Crippen LogP contribution in [-0.2, 0) is 20.7 Å². The zero-order valence-corrected chi connectivity index (χ0v) is 20.4. The molecular weight excluding hydrogens is 474 g/mol. The number of anilines is 1. The molecule has 2 heterocycles. The Labute approximate surface area is 213 Å². The van der Waals surface area contributed by atoms with Gasteiger partial charge in [-0.05, 0) is 72.6 Å². The van der Waals surface area contributed by atoms with E-state index < -0.39 is 23.7 Å².